The Labute approximate surface area is 93.8 Å². The zero-order chi connectivity index (χ0) is 12.0. The van der Waals surface area contributed by atoms with E-state index in [1.807, 2.05) is 6.92 Å². The largest absolute Gasteiger partial charge is 0.494 e. The van der Waals surface area contributed by atoms with Crippen molar-refractivity contribution in [2.75, 3.05) is 6.61 Å². The Morgan fingerprint density at radius 1 is 1.31 bits per heavy atom. The van der Waals surface area contributed by atoms with Crippen LogP contribution in [-0.4, -0.2) is 21.1 Å². The molecule has 0 unspecified atom stereocenters. The van der Waals surface area contributed by atoms with Crippen LogP contribution < -0.4 is 4.74 Å². The van der Waals surface area contributed by atoms with Crippen molar-refractivity contribution in [3.8, 4) is 5.75 Å². The third-order valence-electron chi connectivity index (χ3n) is 1.75. The molecule has 0 aliphatic rings. The van der Waals surface area contributed by atoms with Crippen molar-refractivity contribution in [2.24, 2.45) is 4.40 Å². The van der Waals surface area contributed by atoms with Gasteiger partial charge in [-0.25, -0.2) is 4.79 Å². The molecule has 0 atom stereocenters. The highest BCUT2D eigenvalue weighted by Gasteiger charge is 2.11. The number of nitrogens with zero attached hydrogens (tertiary/aromatic N) is 1. The lowest BCUT2D eigenvalue weighted by molar-refractivity contribution is 0.317. The highest BCUT2D eigenvalue weighted by atomic mass is 32.2. The van der Waals surface area contributed by atoms with Gasteiger partial charge in [-0.3, -0.25) is 0 Å². The Hall–Kier alpha value is -1.65. The fourth-order valence-electron chi connectivity index (χ4n) is 1.03. The molecule has 0 bridgehead atoms. The van der Waals surface area contributed by atoms with Crippen LogP contribution in [0.1, 0.15) is 13.3 Å². The summed E-state index contributed by atoms with van der Waals surface area (Å²) in [6.07, 6.45) is 1.88. The van der Waals surface area contributed by atoms with E-state index in [9.17, 15) is 13.2 Å². The summed E-state index contributed by atoms with van der Waals surface area (Å²) in [6.45, 7) is 2.54. The van der Waals surface area contributed by atoms with Gasteiger partial charge in [-0.1, -0.05) is 11.3 Å². The monoisotopic (exact) mass is 241 g/mol. The molecular formula is C10H11NO4S. The van der Waals surface area contributed by atoms with Crippen LogP contribution in [0.15, 0.2) is 33.6 Å². The van der Waals surface area contributed by atoms with E-state index in [1.165, 1.54) is 24.3 Å². The summed E-state index contributed by atoms with van der Waals surface area (Å²) >= 11 is 0. The van der Waals surface area contributed by atoms with Crippen LogP contribution >= 0.6 is 0 Å². The maximum atomic E-state index is 11.3. The smallest absolute Gasteiger partial charge is 0.292 e. The minimum absolute atomic E-state index is 0.0558. The molecule has 0 radical (unpaired) electrons. The molecule has 0 amide bonds. The highest BCUT2D eigenvalue weighted by molar-refractivity contribution is 7.90. The molecule has 0 aliphatic heterocycles. The van der Waals surface area contributed by atoms with E-state index in [1.54, 1.807) is 0 Å². The van der Waals surface area contributed by atoms with Gasteiger partial charge in [-0.2, -0.15) is 8.42 Å². The Balaban J connectivity index is 2.91. The number of sulfonamides is 1. The van der Waals surface area contributed by atoms with Gasteiger partial charge in [-0.15, -0.1) is 0 Å². The van der Waals surface area contributed by atoms with Gasteiger partial charge in [-0.05, 0) is 30.7 Å². The van der Waals surface area contributed by atoms with Gasteiger partial charge in [0.15, 0.2) is 0 Å². The van der Waals surface area contributed by atoms with Crippen LogP contribution in [0.4, 0.5) is 0 Å². The summed E-state index contributed by atoms with van der Waals surface area (Å²) in [6, 6.07) is 5.70. The van der Waals surface area contributed by atoms with Gasteiger partial charge in [0, 0.05) is 0 Å². The molecule has 0 aliphatic carbocycles. The molecular weight excluding hydrogens is 230 g/mol. The highest BCUT2D eigenvalue weighted by Crippen LogP contribution is 2.17. The van der Waals surface area contributed by atoms with Crippen molar-refractivity contribution in [3.05, 3.63) is 24.3 Å². The van der Waals surface area contributed by atoms with E-state index in [-0.39, 0.29) is 4.90 Å². The van der Waals surface area contributed by atoms with Crippen molar-refractivity contribution in [1.29, 1.82) is 0 Å². The Kier molecular flexibility index (Phi) is 4.22. The maximum absolute atomic E-state index is 11.3. The second kappa shape index (κ2) is 5.44. The molecule has 6 heteroatoms. The zero-order valence-electron chi connectivity index (χ0n) is 8.71. The zero-order valence-corrected chi connectivity index (χ0v) is 9.53. The molecule has 86 valence electrons. The number of hydrogen-bond acceptors (Lipinski definition) is 4. The average molecular weight is 241 g/mol. The fraction of sp³-hybridized carbons (Fsp3) is 0.300. The predicted molar refractivity (Wildman–Crippen MR) is 57.5 cm³/mol. The van der Waals surface area contributed by atoms with Crippen LogP contribution in [0.2, 0.25) is 0 Å². The van der Waals surface area contributed by atoms with Crippen molar-refractivity contribution in [2.45, 2.75) is 18.2 Å². The summed E-state index contributed by atoms with van der Waals surface area (Å²) in [5.41, 5.74) is 0. The van der Waals surface area contributed by atoms with E-state index >= 15 is 0 Å². The van der Waals surface area contributed by atoms with E-state index < -0.39 is 10.0 Å². The van der Waals surface area contributed by atoms with Gasteiger partial charge < -0.3 is 4.74 Å². The van der Waals surface area contributed by atoms with Crippen molar-refractivity contribution in [1.82, 2.24) is 0 Å². The fourth-order valence-corrected chi connectivity index (χ4v) is 1.71. The number of benzene rings is 1. The summed E-state index contributed by atoms with van der Waals surface area (Å²) in [4.78, 5) is 9.85. The van der Waals surface area contributed by atoms with Crippen LogP contribution in [0, 0.1) is 0 Å². The van der Waals surface area contributed by atoms with Gasteiger partial charge in [0.25, 0.3) is 16.1 Å². The first-order chi connectivity index (χ1) is 7.60. The van der Waals surface area contributed by atoms with E-state index in [0.29, 0.717) is 12.4 Å². The van der Waals surface area contributed by atoms with Crippen molar-refractivity contribution in [3.63, 3.8) is 0 Å². The minimum atomic E-state index is -3.90. The normalized spacial score (nSPS) is 10.6. The lowest BCUT2D eigenvalue weighted by atomic mass is 10.3. The quantitative estimate of drug-likeness (QED) is 0.578. The average Bonchev–Trinajstić information content (AvgIpc) is 2.27. The maximum Gasteiger partial charge on any atom is 0.292 e. The molecule has 0 heterocycles. The molecule has 0 aromatic heterocycles. The summed E-state index contributed by atoms with van der Waals surface area (Å²) < 4.78 is 30.6. The van der Waals surface area contributed by atoms with E-state index in [2.05, 4.69) is 4.40 Å². The SMILES string of the molecule is CCCOc1ccc(S(=O)(=O)N=C=O)cc1. The summed E-state index contributed by atoms with van der Waals surface area (Å²) in [5.74, 6) is 0.580. The predicted octanol–water partition coefficient (Wildman–Crippen LogP) is 1.50. The lowest BCUT2D eigenvalue weighted by Gasteiger charge is -2.04. The number of rotatable bonds is 5. The molecule has 5 nitrogen and oxygen atoms in total. The molecule has 16 heavy (non-hydrogen) atoms. The number of hydrogen-bond donors (Lipinski definition) is 0. The number of carbonyl (C=O) groups excluding carboxylic acids is 1. The summed E-state index contributed by atoms with van der Waals surface area (Å²) in [7, 11) is -3.90. The van der Waals surface area contributed by atoms with Crippen molar-refractivity contribution >= 4 is 16.1 Å². The van der Waals surface area contributed by atoms with Gasteiger partial charge in [0.05, 0.1) is 11.5 Å². The molecule has 0 N–H and O–H groups in total. The lowest BCUT2D eigenvalue weighted by Crippen LogP contribution is -1.98. The second-order valence-corrected chi connectivity index (χ2v) is 4.58. The third kappa shape index (κ3) is 3.18. The Bertz CT molecular complexity index is 486. The van der Waals surface area contributed by atoms with Crippen LogP contribution in [-0.2, 0) is 14.8 Å². The van der Waals surface area contributed by atoms with E-state index in [0.717, 1.165) is 12.5 Å². The van der Waals surface area contributed by atoms with Gasteiger partial charge in [0.1, 0.15) is 5.75 Å². The number of ether oxygens (including phenoxy) is 1. The third-order valence-corrected chi connectivity index (χ3v) is 2.93. The first kappa shape index (κ1) is 12.4. The molecule has 0 fully saturated rings. The molecule has 1 aromatic carbocycles. The Morgan fingerprint density at radius 2 is 1.94 bits per heavy atom. The first-order valence-corrected chi connectivity index (χ1v) is 6.11. The van der Waals surface area contributed by atoms with Gasteiger partial charge in [0.2, 0.25) is 0 Å². The van der Waals surface area contributed by atoms with E-state index in [4.69, 9.17) is 4.74 Å². The molecule has 1 rings (SSSR count). The minimum Gasteiger partial charge on any atom is -0.494 e. The number of isocyanates is 1. The Morgan fingerprint density at radius 3 is 2.44 bits per heavy atom. The van der Waals surface area contributed by atoms with Crippen LogP contribution in [0.5, 0.6) is 5.75 Å². The van der Waals surface area contributed by atoms with Gasteiger partial charge >= 0.3 is 0 Å². The van der Waals surface area contributed by atoms with Crippen LogP contribution in [0.3, 0.4) is 0 Å². The van der Waals surface area contributed by atoms with Crippen molar-refractivity contribution < 1.29 is 17.9 Å². The molecule has 1 aromatic rings. The molecule has 0 saturated carbocycles. The molecule has 0 spiro atoms. The van der Waals surface area contributed by atoms with Crippen LogP contribution in [0.25, 0.3) is 0 Å². The second-order valence-electron chi connectivity index (χ2n) is 2.98. The first-order valence-electron chi connectivity index (χ1n) is 4.67. The molecule has 0 saturated heterocycles. The standard InChI is InChI=1S/C10H11NO4S/c1-2-7-15-9-3-5-10(6-4-9)16(13,14)11-8-12/h3-6H,2,7H2,1H3. The topological polar surface area (TPSA) is 72.8 Å². The summed E-state index contributed by atoms with van der Waals surface area (Å²) in [5, 5.41) is 0.